The van der Waals surface area contributed by atoms with Crippen LogP contribution < -0.4 is 11.1 Å². The molecule has 0 aliphatic carbocycles. The average molecular weight is 326 g/mol. The minimum Gasteiger partial charge on any atom is -0.397 e. The highest BCUT2D eigenvalue weighted by molar-refractivity contribution is 9.10. The van der Waals surface area contributed by atoms with E-state index in [1.165, 1.54) is 4.88 Å². The average Bonchev–Trinajstić information content (AvgIpc) is 2.63. The number of nitrogens with two attached hydrogens (primary N) is 1. The van der Waals surface area contributed by atoms with E-state index in [4.69, 9.17) is 5.73 Å². The van der Waals surface area contributed by atoms with Gasteiger partial charge in [-0.15, -0.1) is 11.3 Å². The highest BCUT2D eigenvalue weighted by Crippen LogP contribution is 2.31. The van der Waals surface area contributed by atoms with Gasteiger partial charge in [-0.2, -0.15) is 0 Å². The maximum atomic E-state index is 5.96. The van der Waals surface area contributed by atoms with E-state index in [1.54, 1.807) is 11.3 Å². The lowest BCUT2D eigenvalue weighted by molar-refractivity contribution is 0.890. The summed E-state index contributed by atoms with van der Waals surface area (Å²) in [6.07, 6.45) is 0. The second-order valence-corrected chi connectivity index (χ2v) is 6.43. The molecule has 2 aromatic rings. The molecule has 0 spiro atoms. The summed E-state index contributed by atoms with van der Waals surface area (Å²) in [6.45, 7) is 6.20. The standard InChI is InChI=1S/C13H16BrN3S/c1-7-13(18-9(3)16-7)8(2)17-12-6-10(14)4-5-11(12)15/h4-6,8,17H,15H2,1-3H3. The Labute approximate surface area is 120 Å². The Morgan fingerprint density at radius 1 is 1.39 bits per heavy atom. The highest BCUT2D eigenvalue weighted by atomic mass is 79.9. The van der Waals surface area contributed by atoms with Crippen LogP contribution in [0.2, 0.25) is 0 Å². The number of nitrogen functional groups attached to an aromatic ring is 1. The Balaban J connectivity index is 2.23. The third-order valence-corrected chi connectivity index (χ3v) is 4.47. The molecule has 18 heavy (non-hydrogen) atoms. The fraction of sp³-hybridized carbons (Fsp3) is 0.308. The third-order valence-electron chi connectivity index (χ3n) is 2.72. The molecule has 0 aliphatic heterocycles. The number of rotatable bonds is 3. The maximum absolute atomic E-state index is 5.96. The largest absolute Gasteiger partial charge is 0.397 e. The number of hydrogen-bond donors (Lipinski definition) is 2. The van der Waals surface area contributed by atoms with Crippen LogP contribution in [0, 0.1) is 13.8 Å². The van der Waals surface area contributed by atoms with Gasteiger partial charge in [-0.05, 0) is 39.0 Å². The van der Waals surface area contributed by atoms with Gasteiger partial charge in [0.25, 0.3) is 0 Å². The topological polar surface area (TPSA) is 50.9 Å². The number of benzene rings is 1. The normalized spacial score (nSPS) is 12.4. The van der Waals surface area contributed by atoms with E-state index in [0.717, 1.165) is 26.5 Å². The smallest absolute Gasteiger partial charge is 0.0900 e. The Morgan fingerprint density at radius 2 is 2.11 bits per heavy atom. The molecule has 1 heterocycles. The molecule has 1 atom stereocenters. The summed E-state index contributed by atoms with van der Waals surface area (Å²) in [4.78, 5) is 5.71. The molecular formula is C13H16BrN3S. The van der Waals surface area contributed by atoms with Crippen molar-refractivity contribution in [2.75, 3.05) is 11.1 Å². The molecule has 0 amide bonds. The fourth-order valence-corrected chi connectivity index (χ4v) is 3.19. The molecule has 5 heteroatoms. The van der Waals surface area contributed by atoms with Crippen molar-refractivity contribution in [3.8, 4) is 0 Å². The van der Waals surface area contributed by atoms with Gasteiger partial charge < -0.3 is 11.1 Å². The van der Waals surface area contributed by atoms with Crippen molar-refractivity contribution >= 4 is 38.6 Å². The minimum absolute atomic E-state index is 0.202. The Kier molecular flexibility index (Phi) is 3.92. The molecule has 3 nitrogen and oxygen atoms in total. The van der Waals surface area contributed by atoms with Gasteiger partial charge in [-0.1, -0.05) is 15.9 Å². The SMILES string of the molecule is Cc1nc(C)c(C(C)Nc2cc(Br)ccc2N)s1. The van der Waals surface area contributed by atoms with Crippen molar-refractivity contribution in [3.05, 3.63) is 38.3 Å². The molecular weight excluding hydrogens is 310 g/mol. The van der Waals surface area contributed by atoms with Crippen LogP contribution in [-0.4, -0.2) is 4.98 Å². The molecule has 3 N–H and O–H groups in total. The van der Waals surface area contributed by atoms with E-state index in [2.05, 4.69) is 33.2 Å². The number of aromatic nitrogens is 1. The first kappa shape index (κ1) is 13.4. The fourth-order valence-electron chi connectivity index (χ4n) is 1.90. The summed E-state index contributed by atoms with van der Waals surface area (Å²) in [5.74, 6) is 0. The van der Waals surface area contributed by atoms with Crippen molar-refractivity contribution in [2.24, 2.45) is 0 Å². The predicted molar refractivity (Wildman–Crippen MR) is 82.2 cm³/mol. The summed E-state index contributed by atoms with van der Waals surface area (Å²) in [7, 11) is 0. The summed E-state index contributed by atoms with van der Waals surface area (Å²) >= 11 is 5.18. The van der Waals surface area contributed by atoms with Gasteiger partial charge in [0.1, 0.15) is 0 Å². The summed E-state index contributed by atoms with van der Waals surface area (Å²) < 4.78 is 1.02. The number of hydrogen-bond acceptors (Lipinski definition) is 4. The van der Waals surface area contributed by atoms with Crippen LogP contribution in [0.15, 0.2) is 22.7 Å². The van der Waals surface area contributed by atoms with Crippen LogP contribution in [0.4, 0.5) is 11.4 Å². The summed E-state index contributed by atoms with van der Waals surface area (Å²) in [5, 5.41) is 4.53. The van der Waals surface area contributed by atoms with Gasteiger partial charge in [0.15, 0.2) is 0 Å². The van der Waals surface area contributed by atoms with E-state index in [-0.39, 0.29) is 6.04 Å². The minimum atomic E-state index is 0.202. The van der Waals surface area contributed by atoms with Crippen LogP contribution in [0.3, 0.4) is 0 Å². The number of thiazole rings is 1. The quantitative estimate of drug-likeness (QED) is 0.828. The van der Waals surface area contributed by atoms with Gasteiger partial charge >= 0.3 is 0 Å². The first-order valence-corrected chi connectivity index (χ1v) is 7.34. The number of aryl methyl sites for hydroxylation is 2. The Bertz CT molecular complexity index is 565. The van der Waals surface area contributed by atoms with Crippen molar-refractivity contribution in [3.63, 3.8) is 0 Å². The first-order valence-electron chi connectivity index (χ1n) is 5.73. The van der Waals surface area contributed by atoms with Crippen LogP contribution >= 0.6 is 27.3 Å². The van der Waals surface area contributed by atoms with Gasteiger partial charge in [-0.3, -0.25) is 0 Å². The van der Waals surface area contributed by atoms with E-state index in [1.807, 2.05) is 32.0 Å². The maximum Gasteiger partial charge on any atom is 0.0900 e. The molecule has 0 radical (unpaired) electrons. The van der Waals surface area contributed by atoms with Crippen LogP contribution in [0.25, 0.3) is 0 Å². The predicted octanol–water partition coefficient (Wildman–Crippen LogP) is 4.28. The number of nitrogens with one attached hydrogen (secondary N) is 1. The lowest BCUT2D eigenvalue weighted by Crippen LogP contribution is -2.08. The molecule has 1 unspecified atom stereocenters. The second kappa shape index (κ2) is 5.28. The van der Waals surface area contributed by atoms with Crippen molar-refractivity contribution in [1.82, 2.24) is 4.98 Å². The number of halogens is 1. The highest BCUT2D eigenvalue weighted by Gasteiger charge is 2.13. The molecule has 2 rings (SSSR count). The molecule has 0 bridgehead atoms. The molecule has 0 aliphatic rings. The van der Waals surface area contributed by atoms with Crippen LogP contribution in [0.5, 0.6) is 0 Å². The lowest BCUT2D eigenvalue weighted by atomic mass is 10.2. The zero-order valence-electron chi connectivity index (χ0n) is 10.6. The zero-order valence-corrected chi connectivity index (χ0v) is 13.0. The molecule has 0 saturated heterocycles. The van der Waals surface area contributed by atoms with E-state index in [0.29, 0.717) is 0 Å². The number of anilines is 2. The van der Waals surface area contributed by atoms with Gasteiger partial charge in [0.05, 0.1) is 28.1 Å². The molecule has 0 fully saturated rings. The van der Waals surface area contributed by atoms with Gasteiger partial charge in [-0.25, -0.2) is 4.98 Å². The molecule has 96 valence electrons. The third kappa shape index (κ3) is 2.84. The first-order chi connectivity index (χ1) is 8.47. The van der Waals surface area contributed by atoms with Crippen molar-refractivity contribution < 1.29 is 0 Å². The van der Waals surface area contributed by atoms with E-state index < -0.39 is 0 Å². The monoisotopic (exact) mass is 325 g/mol. The van der Waals surface area contributed by atoms with Crippen molar-refractivity contribution in [2.45, 2.75) is 26.8 Å². The summed E-state index contributed by atoms with van der Waals surface area (Å²) in [5.41, 5.74) is 8.75. The number of nitrogens with zero attached hydrogens (tertiary/aromatic N) is 1. The van der Waals surface area contributed by atoms with Crippen molar-refractivity contribution in [1.29, 1.82) is 0 Å². The van der Waals surface area contributed by atoms with Crippen LogP contribution in [-0.2, 0) is 0 Å². The van der Waals surface area contributed by atoms with Gasteiger partial charge in [0.2, 0.25) is 0 Å². The lowest BCUT2D eigenvalue weighted by Gasteiger charge is -2.16. The molecule has 1 aromatic heterocycles. The van der Waals surface area contributed by atoms with Gasteiger partial charge in [0, 0.05) is 9.35 Å². The summed E-state index contributed by atoms with van der Waals surface area (Å²) in [6, 6.07) is 6.03. The molecule has 1 aromatic carbocycles. The Morgan fingerprint density at radius 3 is 2.72 bits per heavy atom. The van der Waals surface area contributed by atoms with E-state index in [9.17, 15) is 0 Å². The second-order valence-electron chi connectivity index (χ2n) is 4.28. The Hall–Kier alpha value is -1.07. The molecule has 0 saturated carbocycles. The van der Waals surface area contributed by atoms with E-state index >= 15 is 0 Å². The zero-order chi connectivity index (χ0) is 13.3. The van der Waals surface area contributed by atoms with Crippen LogP contribution in [0.1, 0.15) is 28.5 Å².